The molecule has 0 fully saturated rings. The monoisotopic (exact) mass is 450 g/mol. The molecule has 0 amide bonds. The summed E-state index contributed by atoms with van der Waals surface area (Å²) in [6.07, 6.45) is 4.62. The van der Waals surface area contributed by atoms with Crippen molar-refractivity contribution in [3.8, 4) is 11.3 Å². The molecule has 2 aromatic heterocycles. The number of thiazole rings is 1. The van der Waals surface area contributed by atoms with E-state index in [-0.39, 0.29) is 0 Å². The van der Waals surface area contributed by atoms with Gasteiger partial charge in [-0.1, -0.05) is 58.4 Å². The fourth-order valence-corrected chi connectivity index (χ4v) is 3.94. The Kier molecular flexibility index (Phi) is 5.99. The number of hydrogen-bond donors (Lipinski definition) is 1. The number of nitrogens with zero attached hydrogens (tertiary/aromatic N) is 3. The first kappa shape index (κ1) is 18.7. The van der Waals surface area contributed by atoms with Crippen LogP contribution in [0.15, 0.2) is 92.9 Å². The molecule has 1 N–H and O–H groups in total. The largest absolute Gasteiger partial charge is 0.360 e. The molecule has 0 aliphatic rings. The van der Waals surface area contributed by atoms with Crippen molar-refractivity contribution in [1.82, 2.24) is 9.66 Å². The summed E-state index contributed by atoms with van der Waals surface area (Å²) >= 11 is 5.11. The van der Waals surface area contributed by atoms with Gasteiger partial charge in [0.2, 0.25) is 4.80 Å². The number of H-pyrrole nitrogens is 1. The van der Waals surface area contributed by atoms with Crippen molar-refractivity contribution in [3.05, 3.63) is 98.8 Å². The number of halogens is 1. The van der Waals surface area contributed by atoms with Gasteiger partial charge in [0, 0.05) is 28.2 Å². The molecule has 4 rings (SSSR count). The Morgan fingerprint density at radius 1 is 1.00 bits per heavy atom. The van der Waals surface area contributed by atoms with Crippen LogP contribution in [0.3, 0.4) is 0 Å². The first-order chi connectivity index (χ1) is 13.8. The zero-order valence-corrected chi connectivity index (χ0v) is 17.5. The maximum absolute atomic E-state index is 4.81. The Labute approximate surface area is 176 Å². The molecule has 0 unspecified atom stereocenters. The average molecular weight is 451 g/mol. The van der Waals surface area contributed by atoms with Gasteiger partial charge in [0.1, 0.15) is 0 Å². The van der Waals surface area contributed by atoms with Crippen molar-refractivity contribution >= 4 is 33.5 Å². The number of rotatable bonds is 6. The van der Waals surface area contributed by atoms with Gasteiger partial charge in [-0.15, -0.1) is 11.3 Å². The minimum absolute atomic E-state index is 0.725. The molecule has 0 aliphatic carbocycles. The summed E-state index contributed by atoms with van der Waals surface area (Å²) in [4.78, 5) is 8.85. The second-order valence-electron chi connectivity index (χ2n) is 6.21. The SMILES string of the molecule is Brc1ccc(-c2csc(=NCCc3ccccc3)n2N=Cc2ccc[nH]2)cc1. The van der Waals surface area contributed by atoms with Crippen LogP contribution in [0.2, 0.25) is 0 Å². The summed E-state index contributed by atoms with van der Waals surface area (Å²) in [7, 11) is 0. The highest BCUT2D eigenvalue weighted by molar-refractivity contribution is 9.10. The molecule has 0 spiro atoms. The van der Waals surface area contributed by atoms with E-state index in [4.69, 9.17) is 10.1 Å². The molecule has 140 valence electrons. The second kappa shape index (κ2) is 8.99. The van der Waals surface area contributed by atoms with E-state index in [0.29, 0.717) is 0 Å². The van der Waals surface area contributed by atoms with Crippen molar-refractivity contribution in [2.24, 2.45) is 10.1 Å². The van der Waals surface area contributed by atoms with Crippen LogP contribution in [0.5, 0.6) is 0 Å². The van der Waals surface area contributed by atoms with Crippen LogP contribution >= 0.6 is 27.3 Å². The molecular weight excluding hydrogens is 432 g/mol. The van der Waals surface area contributed by atoms with Crippen molar-refractivity contribution in [2.45, 2.75) is 6.42 Å². The lowest BCUT2D eigenvalue weighted by atomic mass is 10.2. The minimum Gasteiger partial charge on any atom is -0.360 e. The molecule has 28 heavy (non-hydrogen) atoms. The quantitative estimate of drug-likeness (QED) is 0.385. The third-order valence-electron chi connectivity index (χ3n) is 4.25. The summed E-state index contributed by atoms with van der Waals surface area (Å²) in [6.45, 7) is 0.725. The summed E-state index contributed by atoms with van der Waals surface area (Å²) < 4.78 is 2.97. The van der Waals surface area contributed by atoms with Gasteiger partial charge in [-0.3, -0.25) is 4.99 Å². The van der Waals surface area contributed by atoms with Crippen LogP contribution in [-0.4, -0.2) is 22.4 Å². The van der Waals surface area contributed by atoms with E-state index in [1.165, 1.54) is 5.56 Å². The molecule has 0 bridgehead atoms. The van der Waals surface area contributed by atoms with Crippen LogP contribution in [0.1, 0.15) is 11.3 Å². The van der Waals surface area contributed by atoms with Crippen LogP contribution < -0.4 is 4.80 Å². The van der Waals surface area contributed by atoms with E-state index in [2.05, 4.69) is 62.7 Å². The third-order valence-corrected chi connectivity index (χ3v) is 5.63. The summed E-state index contributed by atoms with van der Waals surface area (Å²) in [6, 6.07) is 22.6. The van der Waals surface area contributed by atoms with Crippen LogP contribution in [0.25, 0.3) is 11.3 Å². The molecule has 4 nitrogen and oxygen atoms in total. The maximum atomic E-state index is 4.81. The molecule has 4 aromatic rings. The molecule has 0 radical (unpaired) electrons. The first-order valence-electron chi connectivity index (χ1n) is 8.98. The van der Waals surface area contributed by atoms with Crippen molar-refractivity contribution in [3.63, 3.8) is 0 Å². The Balaban J connectivity index is 1.67. The topological polar surface area (TPSA) is 45.4 Å². The lowest BCUT2D eigenvalue weighted by molar-refractivity contribution is 0.816. The molecular formula is C22H19BrN4S. The smallest absolute Gasteiger partial charge is 0.206 e. The highest BCUT2D eigenvalue weighted by atomic mass is 79.9. The summed E-state index contributed by atoms with van der Waals surface area (Å²) in [5, 5.41) is 6.81. The molecule has 0 saturated heterocycles. The van der Waals surface area contributed by atoms with Gasteiger partial charge in [0.05, 0.1) is 17.6 Å². The second-order valence-corrected chi connectivity index (χ2v) is 7.96. The Morgan fingerprint density at radius 3 is 2.57 bits per heavy atom. The Bertz CT molecular complexity index is 1110. The van der Waals surface area contributed by atoms with Gasteiger partial charge in [-0.25, -0.2) is 4.68 Å². The van der Waals surface area contributed by atoms with E-state index in [9.17, 15) is 0 Å². The normalized spacial score (nSPS) is 12.1. The molecule has 0 aliphatic heterocycles. The zero-order chi connectivity index (χ0) is 19.2. The van der Waals surface area contributed by atoms with Gasteiger partial charge < -0.3 is 4.98 Å². The average Bonchev–Trinajstić information content (AvgIpc) is 3.38. The van der Waals surface area contributed by atoms with Crippen LogP contribution in [0.4, 0.5) is 0 Å². The van der Waals surface area contributed by atoms with Crippen LogP contribution in [-0.2, 0) is 6.42 Å². The van der Waals surface area contributed by atoms with Gasteiger partial charge in [-0.05, 0) is 36.2 Å². The number of aromatic amines is 1. The zero-order valence-electron chi connectivity index (χ0n) is 15.1. The molecule has 6 heteroatoms. The standard InChI is InChI=1S/C22H19BrN4S/c23-19-10-8-18(9-11-19)21-16-28-22(25-14-12-17-5-2-1-3-6-17)27(21)26-15-20-7-4-13-24-20/h1-11,13,15-16,24H,12,14H2. The van der Waals surface area contributed by atoms with E-state index < -0.39 is 0 Å². The van der Waals surface area contributed by atoms with Gasteiger partial charge in [0.15, 0.2) is 0 Å². The van der Waals surface area contributed by atoms with Gasteiger partial charge >= 0.3 is 0 Å². The summed E-state index contributed by atoms with van der Waals surface area (Å²) in [5.41, 5.74) is 4.37. The fourth-order valence-electron chi connectivity index (χ4n) is 2.81. The van der Waals surface area contributed by atoms with Crippen LogP contribution in [0, 0.1) is 0 Å². The van der Waals surface area contributed by atoms with Gasteiger partial charge in [0.25, 0.3) is 0 Å². The fraction of sp³-hybridized carbons (Fsp3) is 0.0909. The first-order valence-corrected chi connectivity index (χ1v) is 10.7. The molecule has 2 heterocycles. The number of aromatic nitrogens is 2. The predicted molar refractivity (Wildman–Crippen MR) is 120 cm³/mol. The number of benzene rings is 2. The molecule has 0 atom stereocenters. The van der Waals surface area contributed by atoms with E-state index in [1.54, 1.807) is 11.3 Å². The number of nitrogens with one attached hydrogen (secondary N) is 1. The third kappa shape index (κ3) is 4.58. The minimum atomic E-state index is 0.725. The Morgan fingerprint density at radius 2 is 1.82 bits per heavy atom. The van der Waals surface area contributed by atoms with E-state index in [1.807, 2.05) is 47.4 Å². The highest BCUT2D eigenvalue weighted by Gasteiger charge is 2.07. The predicted octanol–water partition coefficient (Wildman–Crippen LogP) is 5.33. The lowest BCUT2D eigenvalue weighted by Gasteiger charge is -2.04. The molecule has 2 aromatic carbocycles. The highest BCUT2D eigenvalue weighted by Crippen LogP contribution is 2.22. The van der Waals surface area contributed by atoms with E-state index in [0.717, 1.165) is 39.2 Å². The van der Waals surface area contributed by atoms with Crippen molar-refractivity contribution in [1.29, 1.82) is 0 Å². The summed E-state index contributed by atoms with van der Waals surface area (Å²) in [5.74, 6) is 0. The Hall–Kier alpha value is -2.70. The van der Waals surface area contributed by atoms with Crippen molar-refractivity contribution < 1.29 is 0 Å². The van der Waals surface area contributed by atoms with Crippen molar-refractivity contribution in [2.75, 3.05) is 6.54 Å². The maximum Gasteiger partial charge on any atom is 0.206 e. The molecule has 0 saturated carbocycles. The lowest BCUT2D eigenvalue weighted by Crippen LogP contribution is -2.13. The van der Waals surface area contributed by atoms with Gasteiger partial charge in [-0.2, -0.15) is 5.10 Å². The number of hydrogen-bond acceptors (Lipinski definition) is 3. The van der Waals surface area contributed by atoms with E-state index >= 15 is 0 Å².